The van der Waals surface area contributed by atoms with Gasteiger partial charge in [0.2, 0.25) is 0 Å². The SMILES string of the molecule is CCOC(=O)C1CCN(C(=O)COC(=O)CCCOc2ccc(OC)cc2)CC1. The molecule has 0 saturated carbocycles. The molecule has 1 amide bonds. The zero-order valence-electron chi connectivity index (χ0n) is 17.1. The van der Waals surface area contributed by atoms with E-state index in [1.807, 2.05) is 0 Å². The average Bonchev–Trinajstić information content (AvgIpc) is 2.75. The lowest BCUT2D eigenvalue weighted by molar-refractivity contribution is -0.154. The molecule has 0 aliphatic carbocycles. The third kappa shape index (κ3) is 7.63. The first-order valence-corrected chi connectivity index (χ1v) is 9.90. The summed E-state index contributed by atoms with van der Waals surface area (Å²) < 4.78 is 20.7. The number of ether oxygens (including phenoxy) is 4. The van der Waals surface area contributed by atoms with Gasteiger partial charge >= 0.3 is 11.9 Å². The standard InChI is InChI=1S/C21H29NO7/c1-3-27-21(25)16-10-12-22(13-11-16)19(23)15-29-20(24)5-4-14-28-18-8-6-17(26-2)7-9-18/h6-9,16H,3-5,10-15H2,1-2H3. The van der Waals surface area contributed by atoms with Crippen LogP contribution in [0.2, 0.25) is 0 Å². The highest BCUT2D eigenvalue weighted by Gasteiger charge is 2.28. The molecule has 1 aliphatic heterocycles. The minimum absolute atomic E-state index is 0.160. The smallest absolute Gasteiger partial charge is 0.309 e. The molecule has 1 saturated heterocycles. The summed E-state index contributed by atoms with van der Waals surface area (Å²) in [5.41, 5.74) is 0. The minimum atomic E-state index is -0.432. The summed E-state index contributed by atoms with van der Waals surface area (Å²) in [6.07, 6.45) is 1.81. The fourth-order valence-electron chi connectivity index (χ4n) is 3.01. The Morgan fingerprint density at radius 2 is 1.69 bits per heavy atom. The first-order chi connectivity index (χ1) is 14.0. The number of esters is 2. The first kappa shape index (κ1) is 22.5. The molecule has 0 atom stereocenters. The number of rotatable bonds is 10. The molecule has 0 aromatic heterocycles. The van der Waals surface area contributed by atoms with Crippen molar-refractivity contribution in [2.75, 3.05) is 40.0 Å². The van der Waals surface area contributed by atoms with Crippen LogP contribution in [-0.4, -0.2) is 62.8 Å². The van der Waals surface area contributed by atoms with Crippen LogP contribution in [0.5, 0.6) is 11.5 Å². The van der Waals surface area contributed by atoms with Gasteiger partial charge in [-0.05, 0) is 50.5 Å². The van der Waals surface area contributed by atoms with E-state index in [9.17, 15) is 14.4 Å². The lowest BCUT2D eigenvalue weighted by atomic mass is 9.97. The molecule has 1 aromatic carbocycles. The molecular weight excluding hydrogens is 378 g/mol. The number of methoxy groups -OCH3 is 1. The van der Waals surface area contributed by atoms with Crippen LogP contribution in [0.1, 0.15) is 32.6 Å². The highest BCUT2D eigenvalue weighted by molar-refractivity contribution is 5.81. The number of nitrogens with zero attached hydrogens (tertiary/aromatic N) is 1. The number of amides is 1. The predicted octanol–water partition coefficient (Wildman–Crippen LogP) is 2.20. The van der Waals surface area contributed by atoms with Gasteiger partial charge in [0.25, 0.3) is 5.91 Å². The number of carbonyl (C=O) groups excluding carboxylic acids is 3. The fraction of sp³-hybridized carbons (Fsp3) is 0.571. The largest absolute Gasteiger partial charge is 0.497 e. The van der Waals surface area contributed by atoms with Crippen molar-refractivity contribution in [1.29, 1.82) is 0 Å². The molecule has 1 fully saturated rings. The molecule has 0 N–H and O–H groups in total. The summed E-state index contributed by atoms with van der Waals surface area (Å²) in [5.74, 6) is 0.402. The van der Waals surface area contributed by atoms with Gasteiger partial charge in [-0.25, -0.2) is 0 Å². The summed E-state index contributed by atoms with van der Waals surface area (Å²) in [4.78, 5) is 37.3. The van der Waals surface area contributed by atoms with Crippen molar-refractivity contribution in [3.05, 3.63) is 24.3 Å². The Morgan fingerprint density at radius 3 is 2.31 bits per heavy atom. The molecule has 2 rings (SSSR count). The van der Waals surface area contributed by atoms with E-state index in [0.29, 0.717) is 51.3 Å². The molecule has 160 valence electrons. The fourth-order valence-corrected chi connectivity index (χ4v) is 3.01. The average molecular weight is 407 g/mol. The molecule has 0 bridgehead atoms. The zero-order valence-corrected chi connectivity index (χ0v) is 17.1. The summed E-state index contributed by atoms with van der Waals surface area (Å²) >= 11 is 0. The van der Waals surface area contributed by atoms with Crippen molar-refractivity contribution < 1.29 is 33.3 Å². The van der Waals surface area contributed by atoms with E-state index in [-0.39, 0.29) is 30.8 Å². The molecule has 8 nitrogen and oxygen atoms in total. The van der Waals surface area contributed by atoms with E-state index in [4.69, 9.17) is 18.9 Å². The Balaban J connectivity index is 1.57. The van der Waals surface area contributed by atoms with Crippen LogP contribution in [0, 0.1) is 5.92 Å². The van der Waals surface area contributed by atoms with Gasteiger partial charge in [-0.15, -0.1) is 0 Å². The van der Waals surface area contributed by atoms with Crippen LogP contribution in [0.25, 0.3) is 0 Å². The topological polar surface area (TPSA) is 91.4 Å². The van der Waals surface area contributed by atoms with Crippen molar-refractivity contribution in [3.63, 3.8) is 0 Å². The Morgan fingerprint density at radius 1 is 1.03 bits per heavy atom. The maximum absolute atomic E-state index is 12.2. The van der Waals surface area contributed by atoms with Crippen LogP contribution in [0.4, 0.5) is 0 Å². The van der Waals surface area contributed by atoms with Gasteiger partial charge in [-0.3, -0.25) is 14.4 Å². The second kappa shape index (κ2) is 11.9. The molecule has 0 unspecified atom stereocenters. The Kier molecular flexibility index (Phi) is 9.27. The Hall–Kier alpha value is -2.77. The van der Waals surface area contributed by atoms with Crippen molar-refractivity contribution in [2.45, 2.75) is 32.6 Å². The summed E-state index contributed by atoms with van der Waals surface area (Å²) in [5, 5.41) is 0. The van der Waals surface area contributed by atoms with Crippen LogP contribution in [0.15, 0.2) is 24.3 Å². The van der Waals surface area contributed by atoms with Crippen LogP contribution >= 0.6 is 0 Å². The lowest BCUT2D eigenvalue weighted by Crippen LogP contribution is -2.42. The first-order valence-electron chi connectivity index (χ1n) is 9.90. The summed E-state index contributed by atoms with van der Waals surface area (Å²) in [6.45, 7) is 3.17. The highest BCUT2D eigenvalue weighted by atomic mass is 16.5. The van der Waals surface area contributed by atoms with Gasteiger partial charge in [0.15, 0.2) is 6.61 Å². The van der Waals surface area contributed by atoms with Crippen molar-refractivity contribution in [3.8, 4) is 11.5 Å². The Labute approximate surface area is 171 Å². The van der Waals surface area contributed by atoms with Crippen LogP contribution < -0.4 is 9.47 Å². The zero-order chi connectivity index (χ0) is 21.1. The van der Waals surface area contributed by atoms with E-state index in [2.05, 4.69) is 0 Å². The minimum Gasteiger partial charge on any atom is -0.497 e. The predicted molar refractivity (Wildman–Crippen MR) is 105 cm³/mol. The molecule has 1 aliphatic rings. The molecule has 1 heterocycles. The van der Waals surface area contributed by atoms with E-state index in [1.54, 1.807) is 43.2 Å². The maximum Gasteiger partial charge on any atom is 0.309 e. The van der Waals surface area contributed by atoms with Crippen molar-refractivity contribution in [2.24, 2.45) is 5.92 Å². The number of likely N-dealkylation sites (tertiary alicyclic amines) is 1. The van der Waals surface area contributed by atoms with E-state index in [1.165, 1.54) is 0 Å². The second-order valence-corrected chi connectivity index (χ2v) is 6.70. The normalized spacial score (nSPS) is 14.2. The van der Waals surface area contributed by atoms with Gasteiger partial charge in [0, 0.05) is 19.5 Å². The molecule has 8 heteroatoms. The molecule has 1 aromatic rings. The highest BCUT2D eigenvalue weighted by Crippen LogP contribution is 2.19. The molecule has 29 heavy (non-hydrogen) atoms. The number of hydrogen-bond donors (Lipinski definition) is 0. The van der Waals surface area contributed by atoms with E-state index < -0.39 is 5.97 Å². The second-order valence-electron chi connectivity index (χ2n) is 6.70. The number of carbonyl (C=O) groups is 3. The number of hydrogen-bond acceptors (Lipinski definition) is 7. The van der Waals surface area contributed by atoms with Crippen molar-refractivity contribution >= 4 is 17.8 Å². The van der Waals surface area contributed by atoms with Crippen LogP contribution in [-0.2, 0) is 23.9 Å². The maximum atomic E-state index is 12.2. The third-order valence-corrected chi connectivity index (χ3v) is 4.68. The quantitative estimate of drug-likeness (QED) is 0.434. The van der Waals surface area contributed by atoms with Gasteiger partial charge in [-0.1, -0.05) is 0 Å². The van der Waals surface area contributed by atoms with Gasteiger partial charge < -0.3 is 23.8 Å². The summed E-state index contributed by atoms with van der Waals surface area (Å²) in [7, 11) is 1.59. The van der Waals surface area contributed by atoms with E-state index >= 15 is 0 Å². The molecule has 0 radical (unpaired) electrons. The van der Waals surface area contributed by atoms with Crippen LogP contribution in [0.3, 0.4) is 0 Å². The Bertz CT molecular complexity index is 666. The lowest BCUT2D eigenvalue weighted by Gasteiger charge is -2.30. The molecule has 0 spiro atoms. The molecular formula is C21H29NO7. The number of piperidine rings is 1. The summed E-state index contributed by atoms with van der Waals surface area (Å²) in [6, 6.07) is 7.18. The van der Waals surface area contributed by atoms with E-state index in [0.717, 1.165) is 5.75 Å². The van der Waals surface area contributed by atoms with Gasteiger partial charge in [0.05, 0.1) is 26.2 Å². The number of benzene rings is 1. The van der Waals surface area contributed by atoms with Gasteiger partial charge in [0.1, 0.15) is 11.5 Å². The van der Waals surface area contributed by atoms with Gasteiger partial charge in [-0.2, -0.15) is 0 Å². The monoisotopic (exact) mass is 407 g/mol. The van der Waals surface area contributed by atoms with Crippen molar-refractivity contribution in [1.82, 2.24) is 4.90 Å². The third-order valence-electron chi connectivity index (χ3n) is 4.68.